The number of benzene rings is 1. The first kappa shape index (κ1) is 15.1. The first-order valence-corrected chi connectivity index (χ1v) is 7.98. The van der Waals surface area contributed by atoms with Crippen molar-refractivity contribution in [3.8, 4) is 0 Å². The molecule has 1 fully saturated rings. The molecule has 112 valence electrons. The fourth-order valence-corrected chi connectivity index (χ4v) is 3.29. The van der Waals surface area contributed by atoms with Crippen LogP contribution in [-0.4, -0.2) is 33.2 Å². The summed E-state index contributed by atoms with van der Waals surface area (Å²) in [6.45, 7) is 7.51. The van der Waals surface area contributed by atoms with Gasteiger partial charge in [-0.3, -0.25) is 0 Å². The Morgan fingerprint density at radius 1 is 1.40 bits per heavy atom. The SMILES string of the molecule is CC1CN(c2ccc(S(N)(=O)=O)c(N)c2)CC(C)(C)O1. The monoisotopic (exact) mass is 299 g/mol. The lowest BCUT2D eigenvalue weighted by Gasteiger charge is -2.43. The van der Waals surface area contributed by atoms with Crippen molar-refractivity contribution in [1.82, 2.24) is 0 Å². The van der Waals surface area contributed by atoms with E-state index in [2.05, 4.69) is 4.90 Å². The molecule has 7 heteroatoms. The van der Waals surface area contributed by atoms with Crippen LogP contribution in [-0.2, 0) is 14.8 Å². The average Bonchev–Trinajstić information content (AvgIpc) is 2.24. The van der Waals surface area contributed by atoms with Crippen molar-refractivity contribution in [2.24, 2.45) is 5.14 Å². The number of sulfonamides is 1. The van der Waals surface area contributed by atoms with Crippen LogP contribution in [0, 0.1) is 0 Å². The van der Waals surface area contributed by atoms with Crippen molar-refractivity contribution < 1.29 is 13.2 Å². The van der Waals surface area contributed by atoms with Gasteiger partial charge in [0.25, 0.3) is 0 Å². The van der Waals surface area contributed by atoms with Crippen LogP contribution in [0.4, 0.5) is 11.4 Å². The summed E-state index contributed by atoms with van der Waals surface area (Å²) in [5.74, 6) is 0. The summed E-state index contributed by atoms with van der Waals surface area (Å²) in [4.78, 5) is 2.10. The molecule has 1 aliphatic heterocycles. The Hall–Kier alpha value is -1.31. The van der Waals surface area contributed by atoms with Gasteiger partial charge in [-0.1, -0.05) is 0 Å². The molecular formula is C13H21N3O3S. The highest BCUT2D eigenvalue weighted by atomic mass is 32.2. The minimum Gasteiger partial charge on any atom is -0.398 e. The highest BCUT2D eigenvalue weighted by Gasteiger charge is 2.31. The van der Waals surface area contributed by atoms with Gasteiger partial charge in [-0.25, -0.2) is 13.6 Å². The zero-order valence-electron chi connectivity index (χ0n) is 12.0. The van der Waals surface area contributed by atoms with E-state index in [1.807, 2.05) is 20.8 Å². The Kier molecular flexibility index (Phi) is 3.70. The summed E-state index contributed by atoms with van der Waals surface area (Å²) in [6.07, 6.45) is 0.0953. The third-order valence-electron chi connectivity index (χ3n) is 3.23. The van der Waals surface area contributed by atoms with Gasteiger partial charge in [0.1, 0.15) is 4.90 Å². The van der Waals surface area contributed by atoms with Crippen LogP contribution in [0.15, 0.2) is 23.1 Å². The summed E-state index contributed by atoms with van der Waals surface area (Å²) in [5, 5.41) is 5.11. The molecule has 0 amide bonds. The van der Waals surface area contributed by atoms with Gasteiger partial charge in [0, 0.05) is 18.8 Å². The molecular weight excluding hydrogens is 278 g/mol. The van der Waals surface area contributed by atoms with Crippen molar-refractivity contribution in [3.63, 3.8) is 0 Å². The predicted octanol–water partition coefficient (Wildman–Crippen LogP) is 0.920. The molecule has 0 aliphatic carbocycles. The fourth-order valence-electron chi connectivity index (χ4n) is 2.64. The van der Waals surface area contributed by atoms with E-state index in [0.29, 0.717) is 6.54 Å². The Bertz CT molecular complexity index is 613. The number of morpholine rings is 1. The first-order chi connectivity index (χ1) is 9.08. The minimum atomic E-state index is -3.78. The maximum absolute atomic E-state index is 11.4. The number of nitrogen functional groups attached to an aromatic ring is 1. The molecule has 1 unspecified atom stereocenters. The lowest BCUT2D eigenvalue weighted by molar-refractivity contribution is -0.0749. The summed E-state index contributed by atoms with van der Waals surface area (Å²) in [5.41, 5.74) is 6.58. The molecule has 1 aromatic rings. The smallest absolute Gasteiger partial charge is 0.240 e. The van der Waals surface area contributed by atoms with E-state index in [1.54, 1.807) is 12.1 Å². The summed E-state index contributed by atoms with van der Waals surface area (Å²) in [6, 6.07) is 4.82. The lowest BCUT2D eigenvalue weighted by atomic mass is 10.0. The van der Waals surface area contributed by atoms with Crippen LogP contribution in [0.1, 0.15) is 20.8 Å². The van der Waals surface area contributed by atoms with E-state index in [-0.39, 0.29) is 22.3 Å². The number of anilines is 2. The Morgan fingerprint density at radius 2 is 2.05 bits per heavy atom. The van der Waals surface area contributed by atoms with Gasteiger partial charge < -0.3 is 15.4 Å². The quantitative estimate of drug-likeness (QED) is 0.791. The summed E-state index contributed by atoms with van der Waals surface area (Å²) in [7, 11) is -3.78. The summed E-state index contributed by atoms with van der Waals surface area (Å²) >= 11 is 0. The van der Waals surface area contributed by atoms with Gasteiger partial charge >= 0.3 is 0 Å². The molecule has 0 bridgehead atoms. The molecule has 0 radical (unpaired) electrons. The molecule has 0 spiro atoms. The number of hydrogen-bond acceptors (Lipinski definition) is 5. The predicted molar refractivity (Wildman–Crippen MR) is 79.1 cm³/mol. The third kappa shape index (κ3) is 3.23. The van der Waals surface area contributed by atoms with Crippen molar-refractivity contribution in [3.05, 3.63) is 18.2 Å². The number of nitrogens with two attached hydrogens (primary N) is 2. The van der Waals surface area contributed by atoms with Gasteiger partial charge in [0.15, 0.2) is 0 Å². The number of rotatable bonds is 2. The van der Waals surface area contributed by atoms with Crippen LogP contribution in [0.3, 0.4) is 0 Å². The zero-order valence-corrected chi connectivity index (χ0v) is 12.8. The van der Waals surface area contributed by atoms with Crippen molar-refractivity contribution in [1.29, 1.82) is 0 Å². The lowest BCUT2D eigenvalue weighted by Crippen LogP contribution is -2.52. The molecule has 4 N–H and O–H groups in total. The topological polar surface area (TPSA) is 98.7 Å². The van der Waals surface area contributed by atoms with Gasteiger partial charge in [-0.05, 0) is 39.0 Å². The molecule has 1 heterocycles. The number of primary sulfonamides is 1. The highest BCUT2D eigenvalue weighted by Crippen LogP contribution is 2.29. The van der Waals surface area contributed by atoms with E-state index in [9.17, 15) is 8.42 Å². The van der Waals surface area contributed by atoms with Crippen LogP contribution in [0.5, 0.6) is 0 Å². The number of nitrogens with zero attached hydrogens (tertiary/aromatic N) is 1. The molecule has 1 aromatic carbocycles. The van der Waals surface area contributed by atoms with Crippen molar-refractivity contribution in [2.75, 3.05) is 23.7 Å². The zero-order chi connectivity index (χ0) is 15.1. The Labute approximate surface area is 119 Å². The second-order valence-electron chi connectivity index (χ2n) is 5.84. The van der Waals surface area contributed by atoms with E-state index in [0.717, 1.165) is 12.2 Å². The van der Waals surface area contributed by atoms with E-state index in [1.165, 1.54) is 6.07 Å². The average molecular weight is 299 g/mol. The maximum atomic E-state index is 11.4. The van der Waals surface area contributed by atoms with E-state index in [4.69, 9.17) is 15.6 Å². The number of hydrogen-bond donors (Lipinski definition) is 2. The van der Waals surface area contributed by atoms with Gasteiger partial charge in [0.05, 0.1) is 17.4 Å². The standard InChI is InChI=1S/C13H21N3O3S/c1-9-7-16(8-13(2,3)19-9)10-4-5-12(11(14)6-10)20(15,17)18/h4-6,9H,7-8,14H2,1-3H3,(H2,15,17,18). The third-order valence-corrected chi connectivity index (χ3v) is 4.22. The molecule has 0 saturated carbocycles. The van der Waals surface area contributed by atoms with Crippen molar-refractivity contribution >= 4 is 21.4 Å². The van der Waals surface area contributed by atoms with E-state index >= 15 is 0 Å². The van der Waals surface area contributed by atoms with Crippen LogP contribution in [0.2, 0.25) is 0 Å². The largest absolute Gasteiger partial charge is 0.398 e. The normalized spacial score (nSPS) is 22.8. The van der Waals surface area contributed by atoms with Crippen LogP contribution in [0.25, 0.3) is 0 Å². The van der Waals surface area contributed by atoms with Crippen LogP contribution < -0.4 is 15.8 Å². The molecule has 1 atom stereocenters. The van der Waals surface area contributed by atoms with Crippen LogP contribution >= 0.6 is 0 Å². The van der Waals surface area contributed by atoms with Gasteiger partial charge in [0.2, 0.25) is 10.0 Å². The molecule has 2 rings (SSSR count). The Balaban J connectivity index is 2.33. The second kappa shape index (κ2) is 4.91. The van der Waals surface area contributed by atoms with Gasteiger partial charge in [-0.15, -0.1) is 0 Å². The molecule has 20 heavy (non-hydrogen) atoms. The first-order valence-electron chi connectivity index (χ1n) is 6.43. The molecule has 1 saturated heterocycles. The molecule has 6 nitrogen and oxygen atoms in total. The molecule has 0 aromatic heterocycles. The highest BCUT2D eigenvalue weighted by molar-refractivity contribution is 7.89. The molecule has 1 aliphatic rings. The van der Waals surface area contributed by atoms with Crippen molar-refractivity contribution in [2.45, 2.75) is 37.4 Å². The fraction of sp³-hybridized carbons (Fsp3) is 0.538. The van der Waals surface area contributed by atoms with E-state index < -0.39 is 10.0 Å². The Morgan fingerprint density at radius 3 is 2.55 bits per heavy atom. The number of ether oxygens (including phenoxy) is 1. The summed E-state index contributed by atoms with van der Waals surface area (Å²) < 4.78 is 28.6. The minimum absolute atomic E-state index is 0.0400. The maximum Gasteiger partial charge on any atom is 0.240 e. The van der Waals surface area contributed by atoms with Gasteiger partial charge in [-0.2, -0.15) is 0 Å². The second-order valence-corrected chi connectivity index (χ2v) is 7.37.